The molecule has 1 aliphatic heterocycles. The Hall–Kier alpha value is -1.17. The first-order chi connectivity index (χ1) is 8.67. The average molecular weight is 269 g/mol. The lowest BCUT2D eigenvalue weighted by Gasteiger charge is -2.23. The molecule has 0 aliphatic carbocycles. The highest BCUT2D eigenvalue weighted by Crippen LogP contribution is 2.18. The minimum Gasteiger partial charge on any atom is -0.478 e. The van der Waals surface area contributed by atoms with Crippen molar-refractivity contribution in [1.29, 1.82) is 0 Å². The lowest BCUT2D eigenvalue weighted by molar-refractivity contribution is 0.325. The van der Waals surface area contributed by atoms with E-state index in [1.807, 2.05) is 19.9 Å². The van der Waals surface area contributed by atoms with Crippen LogP contribution in [-0.2, 0) is 10.8 Å². The van der Waals surface area contributed by atoms with Crippen molar-refractivity contribution < 1.29 is 8.95 Å². The number of nitrogens with zero attached hydrogens (tertiary/aromatic N) is 2. The molecule has 1 fully saturated rings. The van der Waals surface area contributed by atoms with Crippen LogP contribution in [-0.4, -0.2) is 38.3 Å². The van der Waals surface area contributed by atoms with E-state index < -0.39 is 10.8 Å². The van der Waals surface area contributed by atoms with Crippen LogP contribution in [0.4, 0.5) is 5.82 Å². The summed E-state index contributed by atoms with van der Waals surface area (Å²) in [5, 5.41) is 3.38. The number of nitrogens with one attached hydrogen (secondary N) is 1. The highest BCUT2D eigenvalue weighted by atomic mass is 32.2. The van der Waals surface area contributed by atoms with Crippen LogP contribution in [0, 0.1) is 6.92 Å². The van der Waals surface area contributed by atoms with E-state index in [9.17, 15) is 4.21 Å². The van der Waals surface area contributed by atoms with Crippen molar-refractivity contribution in [3.63, 3.8) is 0 Å². The van der Waals surface area contributed by atoms with Crippen LogP contribution in [0.15, 0.2) is 6.07 Å². The van der Waals surface area contributed by atoms with E-state index in [0.29, 0.717) is 24.4 Å². The molecule has 2 rings (SSSR count). The Kier molecular flexibility index (Phi) is 4.52. The molecule has 100 valence electrons. The summed E-state index contributed by atoms with van der Waals surface area (Å²) in [6, 6.07) is 2.17. The monoisotopic (exact) mass is 269 g/mol. The van der Waals surface area contributed by atoms with Gasteiger partial charge >= 0.3 is 0 Å². The van der Waals surface area contributed by atoms with Crippen molar-refractivity contribution in [2.45, 2.75) is 32.7 Å². The van der Waals surface area contributed by atoms with E-state index in [2.05, 4.69) is 15.3 Å². The molecule has 1 saturated heterocycles. The second-order valence-electron chi connectivity index (χ2n) is 4.34. The van der Waals surface area contributed by atoms with Gasteiger partial charge in [-0.1, -0.05) is 0 Å². The highest BCUT2D eigenvalue weighted by molar-refractivity contribution is 7.85. The SMILES string of the molecule is CCOc1cc(NC2CCS(=O)CC2)nc(C)n1. The molecule has 1 aliphatic rings. The van der Waals surface area contributed by atoms with Crippen LogP contribution in [0.25, 0.3) is 0 Å². The molecule has 1 N–H and O–H groups in total. The number of ether oxygens (including phenoxy) is 1. The minimum absolute atomic E-state index is 0.353. The maximum absolute atomic E-state index is 11.3. The van der Waals surface area contributed by atoms with Crippen LogP contribution in [0.2, 0.25) is 0 Å². The first-order valence-corrected chi connectivity index (χ1v) is 7.76. The summed E-state index contributed by atoms with van der Waals surface area (Å²) >= 11 is 0. The summed E-state index contributed by atoms with van der Waals surface area (Å²) in [4.78, 5) is 8.56. The van der Waals surface area contributed by atoms with Gasteiger partial charge in [-0.3, -0.25) is 4.21 Å². The topological polar surface area (TPSA) is 64.1 Å². The second kappa shape index (κ2) is 6.13. The van der Waals surface area contributed by atoms with Crippen molar-refractivity contribution in [1.82, 2.24) is 9.97 Å². The van der Waals surface area contributed by atoms with E-state index in [0.717, 1.165) is 30.2 Å². The molecule has 1 aromatic heterocycles. The Bertz CT molecular complexity index is 429. The van der Waals surface area contributed by atoms with Crippen molar-refractivity contribution in [2.24, 2.45) is 0 Å². The normalized spacial score (nSPS) is 23.7. The summed E-state index contributed by atoms with van der Waals surface area (Å²) in [5.74, 6) is 3.65. The molecular weight excluding hydrogens is 250 g/mol. The van der Waals surface area contributed by atoms with Gasteiger partial charge in [0.2, 0.25) is 5.88 Å². The van der Waals surface area contributed by atoms with Crippen LogP contribution in [0.3, 0.4) is 0 Å². The first kappa shape index (κ1) is 13.3. The molecular formula is C12H19N3O2S. The fraction of sp³-hybridized carbons (Fsp3) is 0.667. The quantitative estimate of drug-likeness (QED) is 0.897. The average Bonchev–Trinajstić information content (AvgIpc) is 2.32. The van der Waals surface area contributed by atoms with Gasteiger partial charge in [0, 0.05) is 34.4 Å². The Morgan fingerprint density at radius 2 is 2.17 bits per heavy atom. The summed E-state index contributed by atoms with van der Waals surface area (Å²) in [7, 11) is -0.628. The Labute approximate surface area is 110 Å². The Morgan fingerprint density at radius 3 is 2.83 bits per heavy atom. The largest absolute Gasteiger partial charge is 0.478 e. The number of hydrogen-bond acceptors (Lipinski definition) is 5. The molecule has 6 heteroatoms. The Morgan fingerprint density at radius 1 is 1.44 bits per heavy atom. The summed E-state index contributed by atoms with van der Waals surface area (Å²) in [6.07, 6.45) is 1.86. The summed E-state index contributed by atoms with van der Waals surface area (Å²) < 4.78 is 16.7. The number of anilines is 1. The van der Waals surface area contributed by atoms with E-state index in [1.165, 1.54) is 0 Å². The molecule has 0 aromatic carbocycles. The standard InChI is InChI=1S/C12H19N3O2S/c1-3-17-12-8-11(13-9(2)14-12)15-10-4-6-18(16)7-5-10/h8,10H,3-7H2,1-2H3,(H,13,14,15). The van der Waals surface area contributed by atoms with Gasteiger partial charge < -0.3 is 10.1 Å². The molecule has 0 unspecified atom stereocenters. The van der Waals surface area contributed by atoms with Gasteiger partial charge in [0.15, 0.2) is 0 Å². The lowest BCUT2D eigenvalue weighted by atomic mass is 10.1. The van der Waals surface area contributed by atoms with Crippen molar-refractivity contribution >= 4 is 16.6 Å². The number of rotatable bonds is 4. The molecule has 0 amide bonds. The van der Waals surface area contributed by atoms with Gasteiger partial charge in [-0.25, -0.2) is 4.98 Å². The molecule has 0 radical (unpaired) electrons. The maximum atomic E-state index is 11.3. The van der Waals surface area contributed by atoms with Gasteiger partial charge in [0.25, 0.3) is 0 Å². The van der Waals surface area contributed by atoms with Crippen molar-refractivity contribution in [2.75, 3.05) is 23.4 Å². The minimum atomic E-state index is -0.628. The molecule has 0 bridgehead atoms. The van der Waals surface area contributed by atoms with Crippen molar-refractivity contribution in [3.05, 3.63) is 11.9 Å². The summed E-state index contributed by atoms with van der Waals surface area (Å²) in [6.45, 7) is 4.38. The van der Waals surface area contributed by atoms with Gasteiger partial charge in [0.1, 0.15) is 11.6 Å². The van der Waals surface area contributed by atoms with Gasteiger partial charge in [-0.05, 0) is 26.7 Å². The van der Waals surface area contributed by atoms with Gasteiger partial charge in [0.05, 0.1) is 6.61 Å². The molecule has 0 saturated carbocycles. The predicted molar refractivity (Wildman–Crippen MR) is 72.5 cm³/mol. The molecule has 18 heavy (non-hydrogen) atoms. The van der Waals surface area contributed by atoms with Gasteiger partial charge in [-0.2, -0.15) is 4.98 Å². The predicted octanol–water partition coefficient (Wildman–Crippen LogP) is 1.51. The third-order valence-corrected chi connectivity index (χ3v) is 4.23. The lowest BCUT2D eigenvalue weighted by Crippen LogP contribution is -2.29. The molecule has 0 spiro atoms. The zero-order chi connectivity index (χ0) is 13.0. The molecule has 5 nitrogen and oxygen atoms in total. The fourth-order valence-electron chi connectivity index (χ4n) is 1.98. The smallest absolute Gasteiger partial charge is 0.218 e. The number of aryl methyl sites for hydroxylation is 1. The maximum Gasteiger partial charge on any atom is 0.218 e. The van der Waals surface area contributed by atoms with E-state index in [-0.39, 0.29) is 0 Å². The number of aromatic nitrogens is 2. The summed E-state index contributed by atoms with van der Waals surface area (Å²) in [5.41, 5.74) is 0. The molecule has 0 atom stereocenters. The van der Waals surface area contributed by atoms with Crippen LogP contribution >= 0.6 is 0 Å². The Balaban J connectivity index is 2.02. The van der Waals surface area contributed by atoms with E-state index in [4.69, 9.17) is 4.74 Å². The molecule has 2 heterocycles. The van der Waals surface area contributed by atoms with E-state index >= 15 is 0 Å². The van der Waals surface area contributed by atoms with E-state index in [1.54, 1.807) is 0 Å². The molecule has 1 aromatic rings. The highest BCUT2D eigenvalue weighted by Gasteiger charge is 2.18. The second-order valence-corrected chi connectivity index (χ2v) is 6.03. The fourth-order valence-corrected chi connectivity index (χ4v) is 3.28. The van der Waals surface area contributed by atoms with Gasteiger partial charge in [-0.15, -0.1) is 0 Å². The van der Waals surface area contributed by atoms with Crippen molar-refractivity contribution in [3.8, 4) is 5.88 Å². The zero-order valence-corrected chi connectivity index (χ0v) is 11.6. The van der Waals surface area contributed by atoms with Crippen LogP contribution in [0.1, 0.15) is 25.6 Å². The third-order valence-electron chi connectivity index (χ3n) is 2.85. The zero-order valence-electron chi connectivity index (χ0n) is 10.8. The number of hydrogen-bond donors (Lipinski definition) is 1. The first-order valence-electron chi connectivity index (χ1n) is 6.27. The van der Waals surface area contributed by atoms with Crippen LogP contribution in [0.5, 0.6) is 5.88 Å². The third kappa shape index (κ3) is 3.66. The van der Waals surface area contributed by atoms with Crippen LogP contribution < -0.4 is 10.1 Å².